The maximum absolute atomic E-state index is 2.91. The first-order chi connectivity index (χ1) is 10.1. The normalized spacial score (nSPS) is 17.5. The van der Waals surface area contributed by atoms with E-state index in [4.69, 9.17) is 0 Å². The molecule has 1 aliphatic rings. The molecule has 0 saturated heterocycles. The van der Waals surface area contributed by atoms with Crippen molar-refractivity contribution in [3.8, 4) is 0 Å². The summed E-state index contributed by atoms with van der Waals surface area (Å²) >= 11 is -2.91. The van der Waals surface area contributed by atoms with E-state index in [2.05, 4.69) is 88.4 Å². The van der Waals surface area contributed by atoms with Crippen LogP contribution in [0, 0.1) is 0 Å². The number of benzene rings is 2. The van der Waals surface area contributed by atoms with E-state index in [0.29, 0.717) is 0 Å². The molecule has 2 aromatic carbocycles. The fourth-order valence-corrected chi connectivity index (χ4v) is 19.5. The number of hydrogen-bond donors (Lipinski definition) is 0. The minimum atomic E-state index is -2.91. The van der Waals surface area contributed by atoms with Crippen molar-refractivity contribution >= 4 is 25.5 Å². The quantitative estimate of drug-likeness (QED) is 0.690. The molecule has 3 rings (SSSR count). The Labute approximate surface area is 132 Å². The Morgan fingerprint density at radius 3 is 1.19 bits per heavy atom. The standard InChI is InChI=1S/C8H12.2C6H5.Sn/c1-5-7(3)8(4)6-2;2*1-2-4-6-5-3-1;/h1-4H3;2*1-5H;. The fourth-order valence-electron chi connectivity index (χ4n) is 3.82. The van der Waals surface area contributed by atoms with Gasteiger partial charge < -0.3 is 0 Å². The summed E-state index contributed by atoms with van der Waals surface area (Å²) in [5.41, 5.74) is 3.05. The molecule has 1 heteroatoms. The Morgan fingerprint density at radius 2 is 0.857 bits per heavy atom. The Kier molecular flexibility index (Phi) is 3.83. The Hall–Kier alpha value is -1.28. The second-order valence-electron chi connectivity index (χ2n) is 5.98. The van der Waals surface area contributed by atoms with Crippen molar-refractivity contribution < 1.29 is 0 Å². The molecule has 106 valence electrons. The summed E-state index contributed by atoms with van der Waals surface area (Å²) in [7, 11) is 0. The Bertz CT molecular complexity index is 655. The molecule has 0 aromatic heterocycles. The zero-order valence-corrected chi connectivity index (χ0v) is 16.1. The van der Waals surface area contributed by atoms with Gasteiger partial charge in [0.1, 0.15) is 0 Å². The molecule has 0 aliphatic carbocycles. The predicted octanol–water partition coefficient (Wildman–Crippen LogP) is 4.01. The van der Waals surface area contributed by atoms with Gasteiger partial charge in [0, 0.05) is 0 Å². The van der Waals surface area contributed by atoms with Gasteiger partial charge in [0.25, 0.3) is 0 Å². The maximum atomic E-state index is 2.38. The molecule has 1 aliphatic heterocycles. The summed E-state index contributed by atoms with van der Waals surface area (Å²) in [6.07, 6.45) is 0. The molecule has 0 atom stereocenters. The van der Waals surface area contributed by atoms with Crippen LogP contribution >= 0.6 is 0 Å². The van der Waals surface area contributed by atoms with Crippen LogP contribution in [0.15, 0.2) is 79.0 Å². The zero-order chi connectivity index (χ0) is 15.0. The fraction of sp³-hybridized carbons (Fsp3) is 0.200. The monoisotopic (exact) mass is 382 g/mol. The predicted molar refractivity (Wildman–Crippen MR) is 94.7 cm³/mol. The first-order valence-corrected chi connectivity index (χ1v) is 13.3. The van der Waals surface area contributed by atoms with Crippen LogP contribution in [0.1, 0.15) is 27.7 Å². The van der Waals surface area contributed by atoms with Gasteiger partial charge >= 0.3 is 132 Å². The van der Waals surface area contributed by atoms with Crippen molar-refractivity contribution in [1.29, 1.82) is 0 Å². The second-order valence-corrected chi connectivity index (χ2v) is 17.8. The number of allylic oxidation sites excluding steroid dienone is 4. The van der Waals surface area contributed by atoms with Crippen LogP contribution in [-0.2, 0) is 0 Å². The van der Waals surface area contributed by atoms with Gasteiger partial charge in [-0.3, -0.25) is 0 Å². The van der Waals surface area contributed by atoms with Crippen molar-refractivity contribution in [2.75, 3.05) is 0 Å². The molecule has 0 radical (unpaired) electrons. The van der Waals surface area contributed by atoms with Crippen LogP contribution in [0.3, 0.4) is 0 Å². The van der Waals surface area contributed by atoms with Gasteiger partial charge in [-0.25, -0.2) is 0 Å². The first-order valence-electron chi connectivity index (χ1n) is 7.57. The summed E-state index contributed by atoms with van der Waals surface area (Å²) in [5, 5.41) is 0. The van der Waals surface area contributed by atoms with Crippen molar-refractivity contribution in [1.82, 2.24) is 0 Å². The van der Waals surface area contributed by atoms with E-state index in [1.165, 1.54) is 11.1 Å². The van der Waals surface area contributed by atoms with Crippen LogP contribution in [0.25, 0.3) is 0 Å². The summed E-state index contributed by atoms with van der Waals surface area (Å²) in [6.45, 7) is 9.37. The summed E-state index contributed by atoms with van der Waals surface area (Å²) in [5.74, 6) is 0. The molecule has 0 unspecified atom stereocenters. The summed E-state index contributed by atoms with van der Waals surface area (Å²) in [4.78, 5) is 0. The molecule has 0 spiro atoms. The molecule has 1 heterocycles. The van der Waals surface area contributed by atoms with Gasteiger partial charge in [0.2, 0.25) is 0 Å². The Balaban J connectivity index is 2.39. The molecule has 2 aromatic rings. The van der Waals surface area contributed by atoms with Gasteiger partial charge in [-0.05, 0) is 0 Å². The van der Waals surface area contributed by atoms with Crippen LogP contribution < -0.4 is 7.16 Å². The van der Waals surface area contributed by atoms with E-state index in [1.807, 2.05) is 0 Å². The number of hydrogen-bond acceptors (Lipinski definition) is 0. The zero-order valence-electron chi connectivity index (χ0n) is 13.3. The van der Waals surface area contributed by atoms with Crippen molar-refractivity contribution in [3.63, 3.8) is 0 Å². The molecule has 0 amide bonds. The van der Waals surface area contributed by atoms with E-state index in [-0.39, 0.29) is 0 Å². The molecule has 0 bridgehead atoms. The van der Waals surface area contributed by atoms with E-state index >= 15 is 0 Å². The molecule has 21 heavy (non-hydrogen) atoms. The Morgan fingerprint density at radius 1 is 0.524 bits per heavy atom. The van der Waals surface area contributed by atoms with Gasteiger partial charge in [0.15, 0.2) is 0 Å². The third-order valence-corrected chi connectivity index (χ3v) is 20.6. The van der Waals surface area contributed by atoms with Crippen molar-refractivity contribution in [2.24, 2.45) is 0 Å². The van der Waals surface area contributed by atoms with Crippen molar-refractivity contribution in [2.45, 2.75) is 27.7 Å². The molecular weight excluding hydrogens is 359 g/mol. The summed E-state index contributed by atoms with van der Waals surface area (Å²) < 4.78 is 6.47. The first kappa shape index (κ1) is 14.6. The molecule has 0 N–H and O–H groups in total. The third-order valence-electron chi connectivity index (χ3n) is 5.23. The molecule has 0 fully saturated rings. The van der Waals surface area contributed by atoms with Crippen LogP contribution in [0.2, 0.25) is 0 Å². The average Bonchev–Trinajstić information content (AvgIpc) is 2.71. The van der Waals surface area contributed by atoms with Crippen LogP contribution in [0.4, 0.5) is 0 Å². The minimum absolute atomic E-state index is 1.52. The third kappa shape index (κ3) is 2.03. The van der Waals surface area contributed by atoms with Gasteiger partial charge in [0.05, 0.1) is 0 Å². The second kappa shape index (κ2) is 5.49. The van der Waals surface area contributed by atoms with Gasteiger partial charge in [-0.1, -0.05) is 0 Å². The average molecular weight is 381 g/mol. The van der Waals surface area contributed by atoms with E-state index in [9.17, 15) is 0 Å². The topological polar surface area (TPSA) is 0 Å². The SMILES string of the molecule is CC1=[C](C)[Sn]([c]2ccccc2)([c]2ccccc2)[C](C)=C1C. The van der Waals surface area contributed by atoms with E-state index < -0.39 is 18.4 Å². The van der Waals surface area contributed by atoms with Crippen molar-refractivity contribution in [3.05, 3.63) is 79.0 Å². The van der Waals surface area contributed by atoms with Gasteiger partial charge in [-0.15, -0.1) is 0 Å². The van der Waals surface area contributed by atoms with Crippen LogP contribution in [-0.4, -0.2) is 18.4 Å². The molecular formula is C20H22Sn. The number of rotatable bonds is 2. The summed E-state index contributed by atoms with van der Waals surface area (Å²) in [6, 6.07) is 22.4. The van der Waals surface area contributed by atoms with E-state index in [1.54, 1.807) is 14.3 Å². The van der Waals surface area contributed by atoms with Crippen LogP contribution in [0.5, 0.6) is 0 Å². The van der Waals surface area contributed by atoms with E-state index in [0.717, 1.165) is 0 Å². The molecule has 0 saturated carbocycles. The van der Waals surface area contributed by atoms with Gasteiger partial charge in [-0.2, -0.15) is 0 Å². The molecule has 0 nitrogen and oxygen atoms in total.